The quantitative estimate of drug-likeness (QED) is 0.848. The Hall–Kier alpha value is -1.27. The molecule has 1 amide bonds. The molecule has 1 saturated heterocycles. The molecule has 0 aromatic heterocycles. The number of phenols is 1. The molecule has 6 heteroatoms. The van der Waals surface area contributed by atoms with Gasteiger partial charge in [-0.3, -0.25) is 9.69 Å². The molecule has 3 N–H and O–H groups in total. The average Bonchev–Trinajstić information content (AvgIpc) is 2.79. The number of nitrogens with zero attached hydrogens (tertiary/aromatic N) is 1. The number of nitrogens with two attached hydrogens (primary N) is 1. The monoisotopic (exact) mass is 356 g/mol. The number of benzene rings is 1. The Morgan fingerprint density at radius 3 is 2.86 bits per heavy atom. The van der Waals surface area contributed by atoms with E-state index in [2.05, 4.69) is 20.8 Å². The zero-order valence-corrected chi connectivity index (χ0v) is 13.9. The van der Waals surface area contributed by atoms with E-state index in [0.717, 1.165) is 18.5 Å². The van der Waals surface area contributed by atoms with Crippen LogP contribution in [-0.4, -0.2) is 35.6 Å². The number of aromatic hydroxyl groups is 1. The van der Waals surface area contributed by atoms with E-state index in [0.29, 0.717) is 29.9 Å². The molecule has 21 heavy (non-hydrogen) atoms. The largest absolute Gasteiger partial charge is 0.503 e. The smallest absolute Gasteiger partial charge is 0.224 e. The SMILES string of the molecule is CCOc1cc(CN2CCC(C)(C(N)=O)C2)cc(Br)c1O. The van der Waals surface area contributed by atoms with E-state index in [1.807, 2.05) is 26.0 Å². The van der Waals surface area contributed by atoms with Gasteiger partial charge in [0.25, 0.3) is 0 Å². The maximum absolute atomic E-state index is 11.5. The third-order valence-corrected chi connectivity index (χ3v) is 4.55. The lowest BCUT2D eigenvalue weighted by molar-refractivity contribution is -0.126. The van der Waals surface area contributed by atoms with Gasteiger partial charge in [0.2, 0.25) is 5.91 Å². The zero-order valence-electron chi connectivity index (χ0n) is 12.4. The van der Waals surface area contributed by atoms with Gasteiger partial charge in [0.05, 0.1) is 16.5 Å². The van der Waals surface area contributed by atoms with Crippen molar-refractivity contribution in [2.75, 3.05) is 19.7 Å². The normalized spacial score (nSPS) is 22.4. The van der Waals surface area contributed by atoms with Crippen LogP contribution in [0.4, 0.5) is 0 Å². The highest BCUT2D eigenvalue weighted by Crippen LogP contribution is 2.37. The number of amides is 1. The van der Waals surface area contributed by atoms with Gasteiger partial charge in [0, 0.05) is 13.1 Å². The van der Waals surface area contributed by atoms with Crippen LogP contribution < -0.4 is 10.5 Å². The molecule has 1 aliphatic heterocycles. The van der Waals surface area contributed by atoms with Crippen LogP contribution in [0.3, 0.4) is 0 Å². The first-order chi connectivity index (χ1) is 9.85. The summed E-state index contributed by atoms with van der Waals surface area (Å²) in [6, 6.07) is 3.71. The fraction of sp³-hybridized carbons (Fsp3) is 0.533. The summed E-state index contributed by atoms with van der Waals surface area (Å²) in [5.74, 6) is 0.342. The van der Waals surface area contributed by atoms with Crippen LogP contribution in [-0.2, 0) is 11.3 Å². The van der Waals surface area contributed by atoms with Gasteiger partial charge in [-0.1, -0.05) is 0 Å². The molecule has 0 saturated carbocycles. The van der Waals surface area contributed by atoms with Crippen LogP contribution >= 0.6 is 15.9 Å². The summed E-state index contributed by atoms with van der Waals surface area (Å²) < 4.78 is 6.04. The fourth-order valence-electron chi connectivity index (χ4n) is 2.63. The number of carbonyl (C=O) groups is 1. The molecule has 1 unspecified atom stereocenters. The first kappa shape index (κ1) is 16.1. The number of carbonyl (C=O) groups excluding carboxylic acids is 1. The highest BCUT2D eigenvalue weighted by atomic mass is 79.9. The topological polar surface area (TPSA) is 75.8 Å². The molecule has 0 spiro atoms. The third-order valence-electron chi connectivity index (χ3n) is 3.94. The average molecular weight is 357 g/mol. The maximum atomic E-state index is 11.5. The van der Waals surface area contributed by atoms with Crippen LogP contribution in [0.2, 0.25) is 0 Å². The summed E-state index contributed by atoms with van der Waals surface area (Å²) in [5.41, 5.74) is 6.05. The Bertz CT molecular complexity index is 550. The second-order valence-electron chi connectivity index (χ2n) is 5.74. The van der Waals surface area contributed by atoms with Crippen molar-refractivity contribution in [2.45, 2.75) is 26.8 Å². The van der Waals surface area contributed by atoms with Gasteiger partial charge in [-0.05, 0) is 60.4 Å². The number of rotatable bonds is 5. The van der Waals surface area contributed by atoms with Crippen molar-refractivity contribution in [2.24, 2.45) is 11.1 Å². The Morgan fingerprint density at radius 1 is 1.57 bits per heavy atom. The fourth-order valence-corrected chi connectivity index (χ4v) is 3.12. The second kappa shape index (κ2) is 6.23. The van der Waals surface area contributed by atoms with E-state index in [4.69, 9.17) is 10.5 Å². The molecule has 1 fully saturated rings. The van der Waals surface area contributed by atoms with Gasteiger partial charge in [0.15, 0.2) is 11.5 Å². The highest BCUT2D eigenvalue weighted by Gasteiger charge is 2.38. The molecule has 0 radical (unpaired) electrons. The minimum Gasteiger partial charge on any atom is -0.503 e. The van der Waals surface area contributed by atoms with E-state index in [1.54, 1.807) is 0 Å². The molecule has 2 rings (SSSR count). The van der Waals surface area contributed by atoms with Crippen molar-refractivity contribution in [1.29, 1.82) is 0 Å². The minimum atomic E-state index is -0.448. The van der Waals surface area contributed by atoms with Crippen molar-refractivity contribution < 1.29 is 14.6 Å². The number of halogens is 1. The lowest BCUT2D eigenvalue weighted by atomic mass is 9.89. The molecule has 1 atom stereocenters. The third kappa shape index (κ3) is 3.49. The Kier molecular flexibility index (Phi) is 4.78. The number of primary amides is 1. The summed E-state index contributed by atoms with van der Waals surface area (Å²) in [6.45, 7) is 6.47. The van der Waals surface area contributed by atoms with Crippen LogP contribution in [0.1, 0.15) is 25.8 Å². The lowest BCUT2D eigenvalue weighted by Gasteiger charge is -2.21. The predicted molar refractivity (Wildman–Crippen MR) is 84.2 cm³/mol. The summed E-state index contributed by atoms with van der Waals surface area (Å²) >= 11 is 3.34. The standard InChI is InChI=1S/C15H21BrN2O3/c1-3-21-12-7-10(6-11(16)13(12)19)8-18-5-4-15(2,9-18)14(17)20/h6-7,19H,3-5,8-9H2,1-2H3,(H2,17,20). The van der Waals surface area contributed by atoms with Crippen LogP contribution in [0.5, 0.6) is 11.5 Å². The Balaban J connectivity index is 2.12. The zero-order chi connectivity index (χ0) is 15.6. The lowest BCUT2D eigenvalue weighted by Crippen LogP contribution is -2.36. The van der Waals surface area contributed by atoms with Gasteiger partial charge in [-0.2, -0.15) is 0 Å². The number of ether oxygens (including phenoxy) is 1. The number of hydrogen-bond acceptors (Lipinski definition) is 4. The van der Waals surface area contributed by atoms with Gasteiger partial charge < -0.3 is 15.6 Å². The first-order valence-electron chi connectivity index (χ1n) is 7.02. The molecule has 1 aliphatic rings. The Morgan fingerprint density at radius 2 is 2.29 bits per heavy atom. The van der Waals surface area contributed by atoms with E-state index >= 15 is 0 Å². The minimum absolute atomic E-state index is 0.115. The van der Waals surface area contributed by atoms with E-state index in [-0.39, 0.29) is 11.7 Å². The van der Waals surface area contributed by atoms with E-state index in [9.17, 15) is 9.90 Å². The molecule has 1 heterocycles. The van der Waals surface area contributed by atoms with Gasteiger partial charge in [-0.15, -0.1) is 0 Å². The van der Waals surface area contributed by atoms with Crippen molar-refractivity contribution in [1.82, 2.24) is 4.90 Å². The van der Waals surface area contributed by atoms with E-state index < -0.39 is 5.41 Å². The van der Waals surface area contributed by atoms with Crippen molar-refractivity contribution in [3.8, 4) is 11.5 Å². The van der Waals surface area contributed by atoms with E-state index in [1.165, 1.54) is 0 Å². The molecule has 116 valence electrons. The number of hydrogen-bond donors (Lipinski definition) is 2. The molecular weight excluding hydrogens is 336 g/mol. The van der Waals surface area contributed by atoms with Crippen LogP contribution in [0.25, 0.3) is 0 Å². The maximum Gasteiger partial charge on any atom is 0.224 e. The number of likely N-dealkylation sites (tertiary alicyclic amines) is 1. The van der Waals surface area contributed by atoms with Crippen LogP contribution in [0, 0.1) is 5.41 Å². The molecule has 5 nitrogen and oxygen atoms in total. The molecule has 1 aromatic carbocycles. The Labute approximate surface area is 133 Å². The predicted octanol–water partition coefficient (Wildman–Crippen LogP) is 2.25. The van der Waals surface area contributed by atoms with Crippen molar-refractivity contribution in [3.63, 3.8) is 0 Å². The molecule has 0 bridgehead atoms. The highest BCUT2D eigenvalue weighted by molar-refractivity contribution is 9.10. The number of phenolic OH excluding ortho intramolecular Hbond substituents is 1. The first-order valence-corrected chi connectivity index (χ1v) is 7.81. The summed E-state index contributed by atoms with van der Waals surface area (Å²) in [5, 5.41) is 9.92. The van der Waals surface area contributed by atoms with Gasteiger partial charge >= 0.3 is 0 Å². The summed E-state index contributed by atoms with van der Waals surface area (Å²) in [4.78, 5) is 13.7. The van der Waals surface area contributed by atoms with Gasteiger partial charge in [0.1, 0.15) is 0 Å². The van der Waals surface area contributed by atoms with Gasteiger partial charge in [-0.25, -0.2) is 0 Å². The summed E-state index contributed by atoms with van der Waals surface area (Å²) in [6.07, 6.45) is 0.778. The van der Waals surface area contributed by atoms with Crippen molar-refractivity contribution >= 4 is 21.8 Å². The molecule has 1 aromatic rings. The summed E-state index contributed by atoms with van der Waals surface area (Å²) in [7, 11) is 0. The molecular formula is C15H21BrN2O3. The molecule has 0 aliphatic carbocycles. The van der Waals surface area contributed by atoms with Crippen LogP contribution in [0.15, 0.2) is 16.6 Å². The second-order valence-corrected chi connectivity index (χ2v) is 6.60. The van der Waals surface area contributed by atoms with Crippen molar-refractivity contribution in [3.05, 3.63) is 22.2 Å².